The lowest BCUT2D eigenvalue weighted by molar-refractivity contribution is 0.995. The third-order valence-electron chi connectivity index (χ3n) is 3.76. The van der Waals surface area contributed by atoms with Crippen molar-refractivity contribution >= 4 is 39.0 Å². The lowest BCUT2D eigenvalue weighted by Gasteiger charge is -2.09. The summed E-state index contributed by atoms with van der Waals surface area (Å²) in [6.45, 7) is 7.04. The lowest BCUT2D eigenvalue weighted by Crippen LogP contribution is -2.08. The molecule has 0 atom stereocenters. The summed E-state index contributed by atoms with van der Waals surface area (Å²) in [5, 5.41) is 5.40. The van der Waals surface area contributed by atoms with Gasteiger partial charge in [-0.2, -0.15) is 0 Å². The minimum absolute atomic E-state index is 0.772. The number of nitrogens with one attached hydrogen (secondary N) is 1. The van der Waals surface area contributed by atoms with Crippen LogP contribution in [0.5, 0.6) is 0 Å². The topological polar surface area (TPSA) is 37.8 Å². The first kappa shape index (κ1) is 15.3. The van der Waals surface area contributed by atoms with Gasteiger partial charge in [0.15, 0.2) is 0 Å². The minimum atomic E-state index is 0.772. The van der Waals surface area contributed by atoms with Crippen molar-refractivity contribution in [2.75, 3.05) is 11.9 Å². The smallest absolute Gasteiger partial charge is 0.138 e. The molecule has 0 saturated carbocycles. The molecule has 1 aromatic carbocycles. The maximum atomic E-state index is 5.91. The molecule has 22 heavy (non-hydrogen) atoms. The fourth-order valence-corrected chi connectivity index (χ4v) is 3.66. The van der Waals surface area contributed by atoms with Gasteiger partial charge in [-0.3, -0.25) is 0 Å². The van der Waals surface area contributed by atoms with Crippen molar-refractivity contribution < 1.29 is 0 Å². The summed E-state index contributed by atoms with van der Waals surface area (Å²) in [7, 11) is 0. The Morgan fingerprint density at radius 3 is 2.55 bits per heavy atom. The van der Waals surface area contributed by atoms with E-state index in [1.54, 1.807) is 11.3 Å². The molecule has 5 heteroatoms. The number of thiophene rings is 1. The van der Waals surface area contributed by atoms with Gasteiger partial charge >= 0.3 is 0 Å². The lowest BCUT2D eigenvalue weighted by atomic mass is 10.1. The Balaban J connectivity index is 1.80. The van der Waals surface area contributed by atoms with Gasteiger partial charge in [-0.1, -0.05) is 23.7 Å². The molecule has 0 saturated heterocycles. The maximum absolute atomic E-state index is 5.91. The molecule has 1 N–H and O–H groups in total. The number of hydrogen-bond donors (Lipinski definition) is 1. The zero-order chi connectivity index (χ0) is 15.7. The van der Waals surface area contributed by atoms with E-state index in [-0.39, 0.29) is 0 Å². The summed E-state index contributed by atoms with van der Waals surface area (Å²) >= 11 is 7.65. The van der Waals surface area contributed by atoms with E-state index in [0.717, 1.165) is 39.8 Å². The van der Waals surface area contributed by atoms with Crippen LogP contribution in [0.25, 0.3) is 10.2 Å². The van der Waals surface area contributed by atoms with Gasteiger partial charge in [-0.15, -0.1) is 11.3 Å². The Labute approximate surface area is 139 Å². The van der Waals surface area contributed by atoms with E-state index in [4.69, 9.17) is 11.6 Å². The number of nitrogens with zero attached hydrogens (tertiary/aromatic N) is 2. The van der Waals surface area contributed by atoms with Gasteiger partial charge in [0.05, 0.1) is 5.39 Å². The highest BCUT2D eigenvalue weighted by Gasteiger charge is 2.12. The third kappa shape index (κ3) is 3.08. The summed E-state index contributed by atoms with van der Waals surface area (Å²) in [6, 6.07) is 7.97. The second-order valence-corrected chi connectivity index (χ2v) is 7.03. The molecular formula is C17H18ClN3S. The maximum Gasteiger partial charge on any atom is 0.138 e. The van der Waals surface area contributed by atoms with E-state index >= 15 is 0 Å². The van der Waals surface area contributed by atoms with Crippen molar-refractivity contribution in [1.82, 2.24) is 9.97 Å². The van der Waals surface area contributed by atoms with Crippen molar-refractivity contribution in [2.45, 2.75) is 27.2 Å². The van der Waals surface area contributed by atoms with Gasteiger partial charge < -0.3 is 5.32 Å². The normalized spacial score (nSPS) is 11.1. The van der Waals surface area contributed by atoms with Crippen LogP contribution in [0, 0.1) is 20.8 Å². The van der Waals surface area contributed by atoms with Crippen LogP contribution >= 0.6 is 22.9 Å². The first-order valence-electron chi connectivity index (χ1n) is 7.27. The largest absolute Gasteiger partial charge is 0.369 e. The zero-order valence-electron chi connectivity index (χ0n) is 12.9. The van der Waals surface area contributed by atoms with E-state index in [0.29, 0.717) is 0 Å². The highest BCUT2D eigenvalue weighted by molar-refractivity contribution is 7.18. The molecule has 0 bridgehead atoms. The van der Waals surface area contributed by atoms with Gasteiger partial charge in [0, 0.05) is 16.4 Å². The molecule has 0 aliphatic rings. The molecular weight excluding hydrogens is 314 g/mol. The van der Waals surface area contributed by atoms with Crippen LogP contribution in [0.4, 0.5) is 5.82 Å². The number of rotatable bonds is 4. The number of aryl methyl sites for hydroxylation is 3. The number of hydrogen-bond acceptors (Lipinski definition) is 4. The van der Waals surface area contributed by atoms with E-state index < -0.39 is 0 Å². The molecule has 3 nitrogen and oxygen atoms in total. The molecule has 0 unspecified atom stereocenters. The summed E-state index contributed by atoms with van der Waals surface area (Å²) in [5.74, 6) is 1.75. The summed E-state index contributed by atoms with van der Waals surface area (Å²) < 4.78 is 0. The fourth-order valence-electron chi connectivity index (χ4n) is 2.46. The molecule has 3 aromatic rings. The molecule has 0 radical (unpaired) electrons. The van der Waals surface area contributed by atoms with Crippen LogP contribution in [0.15, 0.2) is 24.3 Å². The van der Waals surface area contributed by atoms with Gasteiger partial charge in [0.25, 0.3) is 0 Å². The SMILES string of the molecule is Cc1nc(NCCc2ccc(Cl)cc2)c2c(C)c(C)sc2n1. The van der Waals surface area contributed by atoms with Gasteiger partial charge in [0.1, 0.15) is 16.5 Å². The molecule has 0 spiro atoms. The monoisotopic (exact) mass is 331 g/mol. The average molecular weight is 332 g/mol. The van der Waals surface area contributed by atoms with Crippen LogP contribution < -0.4 is 5.32 Å². The number of aromatic nitrogens is 2. The Bertz CT molecular complexity index is 809. The van der Waals surface area contributed by atoms with E-state index in [1.165, 1.54) is 16.0 Å². The van der Waals surface area contributed by atoms with Crippen LogP contribution in [0.2, 0.25) is 5.02 Å². The number of anilines is 1. The number of benzene rings is 1. The standard InChI is InChI=1S/C17H18ClN3S/c1-10-11(2)22-17-15(10)16(20-12(3)21-17)19-9-8-13-4-6-14(18)7-5-13/h4-7H,8-9H2,1-3H3,(H,19,20,21). The van der Waals surface area contributed by atoms with Crippen molar-refractivity contribution in [3.05, 3.63) is 51.1 Å². The minimum Gasteiger partial charge on any atom is -0.369 e. The van der Waals surface area contributed by atoms with Crippen molar-refractivity contribution in [1.29, 1.82) is 0 Å². The van der Waals surface area contributed by atoms with Gasteiger partial charge in [-0.25, -0.2) is 9.97 Å². The molecule has 3 rings (SSSR count). The van der Waals surface area contributed by atoms with Crippen molar-refractivity contribution in [3.63, 3.8) is 0 Å². The second-order valence-electron chi connectivity index (χ2n) is 5.39. The van der Waals surface area contributed by atoms with Crippen LogP contribution in [-0.4, -0.2) is 16.5 Å². The predicted octanol–water partition coefficient (Wildman–Crippen LogP) is 4.92. The third-order valence-corrected chi connectivity index (χ3v) is 5.11. The Kier molecular flexibility index (Phi) is 4.32. The average Bonchev–Trinajstić information content (AvgIpc) is 2.76. The van der Waals surface area contributed by atoms with E-state index in [1.807, 2.05) is 19.1 Å². The molecule has 0 aliphatic carbocycles. The van der Waals surface area contributed by atoms with E-state index in [2.05, 4.69) is 41.3 Å². The predicted molar refractivity (Wildman–Crippen MR) is 95.3 cm³/mol. The molecule has 0 amide bonds. The van der Waals surface area contributed by atoms with Crippen LogP contribution in [-0.2, 0) is 6.42 Å². The summed E-state index contributed by atoms with van der Waals surface area (Å²) in [5.41, 5.74) is 2.53. The van der Waals surface area contributed by atoms with Gasteiger partial charge in [-0.05, 0) is 50.5 Å². The van der Waals surface area contributed by atoms with Crippen LogP contribution in [0.3, 0.4) is 0 Å². The molecule has 0 aliphatic heterocycles. The Hall–Kier alpha value is -1.65. The molecule has 2 aromatic heterocycles. The van der Waals surface area contributed by atoms with Crippen molar-refractivity contribution in [2.24, 2.45) is 0 Å². The second kappa shape index (κ2) is 6.23. The Morgan fingerprint density at radius 1 is 1.09 bits per heavy atom. The quantitative estimate of drug-likeness (QED) is 0.737. The fraction of sp³-hybridized carbons (Fsp3) is 0.294. The number of halogens is 1. The van der Waals surface area contributed by atoms with Gasteiger partial charge in [0.2, 0.25) is 0 Å². The zero-order valence-corrected chi connectivity index (χ0v) is 14.5. The molecule has 0 fully saturated rings. The first-order valence-corrected chi connectivity index (χ1v) is 8.46. The van der Waals surface area contributed by atoms with Crippen molar-refractivity contribution in [3.8, 4) is 0 Å². The van der Waals surface area contributed by atoms with E-state index in [9.17, 15) is 0 Å². The highest BCUT2D eigenvalue weighted by atomic mass is 35.5. The number of fused-ring (bicyclic) bond motifs is 1. The first-order chi connectivity index (χ1) is 10.5. The molecule has 114 valence electrons. The Morgan fingerprint density at radius 2 is 1.82 bits per heavy atom. The van der Waals surface area contributed by atoms with Crippen LogP contribution in [0.1, 0.15) is 21.8 Å². The molecule has 2 heterocycles. The highest BCUT2D eigenvalue weighted by Crippen LogP contribution is 2.33. The summed E-state index contributed by atoms with van der Waals surface area (Å²) in [4.78, 5) is 11.5. The summed E-state index contributed by atoms with van der Waals surface area (Å²) in [6.07, 6.45) is 0.934.